The van der Waals surface area contributed by atoms with Crippen LogP contribution in [0.3, 0.4) is 0 Å². The molecule has 2 aromatic rings. The van der Waals surface area contributed by atoms with E-state index in [9.17, 15) is 9.59 Å². The number of aromatic hydroxyl groups is 1. The molecular formula is C20H24N2O4S. The summed E-state index contributed by atoms with van der Waals surface area (Å²) in [7, 11) is 1.45. The number of carbonyl (C=O) groups is 2. The molecule has 0 saturated carbocycles. The van der Waals surface area contributed by atoms with Crippen molar-refractivity contribution < 1.29 is 19.4 Å². The van der Waals surface area contributed by atoms with Crippen LogP contribution in [0, 0.1) is 0 Å². The number of pyridine rings is 1. The molecule has 2 heterocycles. The Morgan fingerprint density at radius 1 is 1.30 bits per heavy atom. The average molecular weight is 388 g/mol. The van der Waals surface area contributed by atoms with Crippen molar-refractivity contribution in [3.05, 3.63) is 53.3 Å². The van der Waals surface area contributed by atoms with Gasteiger partial charge in [-0.2, -0.15) is 11.8 Å². The number of benzene rings is 1. The van der Waals surface area contributed by atoms with Gasteiger partial charge in [0.1, 0.15) is 11.5 Å². The number of aromatic nitrogens is 1. The molecule has 7 heteroatoms. The summed E-state index contributed by atoms with van der Waals surface area (Å²) in [6.45, 7) is 3.76. The van der Waals surface area contributed by atoms with Crippen molar-refractivity contribution >= 4 is 24.0 Å². The molecule has 1 aromatic heterocycles. The van der Waals surface area contributed by atoms with Crippen LogP contribution in [0.1, 0.15) is 33.3 Å². The lowest BCUT2D eigenvalue weighted by molar-refractivity contribution is 0.0770. The summed E-state index contributed by atoms with van der Waals surface area (Å²) < 4.78 is 4.83. The van der Waals surface area contributed by atoms with Gasteiger partial charge in [-0.3, -0.25) is 14.6 Å². The van der Waals surface area contributed by atoms with Crippen LogP contribution in [-0.4, -0.2) is 58.9 Å². The predicted octanol–water partition coefficient (Wildman–Crippen LogP) is 3.05. The van der Waals surface area contributed by atoms with Crippen LogP contribution in [0.5, 0.6) is 11.5 Å². The molecular weight excluding hydrogens is 364 g/mol. The van der Waals surface area contributed by atoms with Crippen LogP contribution >= 0.6 is 11.8 Å². The van der Waals surface area contributed by atoms with Crippen LogP contribution in [-0.2, 0) is 6.42 Å². The summed E-state index contributed by atoms with van der Waals surface area (Å²) in [6, 6.07) is 8.39. The van der Waals surface area contributed by atoms with E-state index in [2.05, 4.69) is 4.98 Å². The van der Waals surface area contributed by atoms with Gasteiger partial charge in [-0.05, 0) is 30.7 Å². The summed E-state index contributed by atoms with van der Waals surface area (Å²) in [5, 5.41) is 9.11. The minimum atomic E-state index is -0.0562. The van der Waals surface area contributed by atoms with Gasteiger partial charge in [-0.15, -0.1) is 0 Å². The molecule has 1 aromatic carbocycles. The molecule has 1 N–H and O–H groups in total. The van der Waals surface area contributed by atoms with Gasteiger partial charge in [-0.1, -0.05) is 13.0 Å². The van der Waals surface area contributed by atoms with Crippen molar-refractivity contribution in [1.82, 2.24) is 9.88 Å². The Bertz CT molecular complexity index is 776. The Hall–Kier alpha value is -2.54. The van der Waals surface area contributed by atoms with Gasteiger partial charge in [0.05, 0.1) is 23.9 Å². The van der Waals surface area contributed by atoms with Crippen molar-refractivity contribution in [2.75, 3.05) is 31.7 Å². The third-order valence-corrected chi connectivity index (χ3v) is 5.08. The van der Waals surface area contributed by atoms with Gasteiger partial charge in [0.15, 0.2) is 6.29 Å². The van der Waals surface area contributed by atoms with E-state index in [1.54, 1.807) is 18.3 Å². The fourth-order valence-corrected chi connectivity index (χ4v) is 3.58. The second kappa shape index (κ2) is 10.6. The van der Waals surface area contributed by atoms with Gasteiger partial charge in [-0.25, -0.2) is 0 Å². The number of thioether (sulfide) groups is 1. The number of phenols is 1. The standard InChI is InChI=1S/C12H16N2OS.C8H8O3/c1-2-11-10(4-3-5-13-11)12(15)14-6-8-16-9-7-14;1-11-8-4-2-3-7(10)6(8)5-9/h3-5H,2,6-9H2,1H3;2-5,10H,1H3. The van der Waals surface area contributed by atoms with Crippen molar-refractivity contribution in [2.45, 2.75) is 13.3 Å². The molecule has 3 rings (SSSR count). The van der Waals surface area contributed by atoms with Crippen LogP contribution in [0.25, 0.3) is 0 Å². The first-order valence-electron chi connectivity index (χ1n) is 8.74. The highest BCUT2D eigenvalue weighted by molar-refractivity contribution is 7.99. The molecule has 1 aliphatic heterocycles. The van der Waals surface area contributed by atoms with E-state index >= 15 is 0 Å². The fourth-order valence-electron chi connectivity index (χ4n) is 2.68. The summed E-state index contributed by atoms with van der Waals surface area (Å²) in [6.07, 6.45) is 3.13. The number of aldehydes is 1. The number of hydrogen-bond acceptors (Lipinski definition) is 6. The van der Waals surface area contributed by atoms with Crippen molar-refractivity contribution in [2.24, 2.45) is 0 Å². The topological polar surface area (TPSA) is 79.7 Å². The number of methoxy groups -OCH3 is 1. The van der Waals surface area contributed by atoms with Crippen molar-refractivity contribution in [1.29, 1.82) is 0 Å². The molecule has 6 nitrogen and oxygen atoms in total. The number of phenolic OH excluding ortho intramolecular Hbond substituents is 1. The van der Waals surface area contributed by atoms with Crippen molar-refractivity contribution in [3.8, 4) is 11.5 Å². The highest BCUT2D eigenvalue weighted by Gasteiger charge is 2.20. The molecule has 27 heavy (non-hydrogen) atoms. The Labute approximate surface area is 163 Å². The zero-order valence-corrected chi connectivity index (χ0v) is 16.4. The van der Waals surface area contributed by atoms with Gasteiger partial charge in [0, 0.05) is 30.8 Å². The van der Waals surface area contributed by atoms with E-state index in [-0.39, 0.29) is 17.2 Å². The molecule has 0 unspecified atom stereocenters. The smallest absolute Gasteiger partial charge is 0.255 e. The summed E-state index contributed by atoms with van der Waals surface area (Å²) in [4.78, 5) is 28.8. The lowest BCUT2D eigenvalue weighted by Crippen LogP contribution is -2.38. The number of rotatable bonds is 4. The first-order chi connectivity index (χ1) is 13.1. The molecule has 144 valence electrons. The molecule has 1 amide bonds. The highest BCUT2D eigenvalue weighted by atomic mass is 32.2. The first kappa shape index (κ1) is 20.8. The summed E-state index contributed by atoms with van der Waals surface area (Å²) in [5.74, 6) is 2.57. The largest absolute Gasteiger partial charge is 0.507 e. The molecule has 0 bridgehead atoms. The normalized spacial score (nSPS) is 13.3. The first-order valence-corrected chi connectivity index (χ1v) is 9.89. The minimum Gasteiger partial charge on any atom is -0.507 e. The van der Waals surface area contributed by atoms with Gasteiger partial charge in [0.25, 0.3) is 5.91 Å². The second-order valence-electron chi connectivity index (χ2n) is 5.77. The maximum Gasteiger partial charge on any atom is 0.255 e. The number of hydrogen-bond donors (Lipinski definition) is 1. The molecule has 0 spiro atoms. The number of carbonyl (C=O) groups excluding carboxylic acids is 2. The lowest BCUT2D eigenvalue weighted by atomic mass is 10.1. The van der Waals surface area contributed by atoms with Crippen molar-refractivity contribution in [3.63, 3.8) is 0 Å². The van der Waals surface area contributed by atoms with E-state index < -0.39 is 0 Å². The van der Waals surface area contributed by atoms with Gasteiger partial charge >= 0.3 is 0 Å². The zero-order chi connectivity index (χ0) is 19.6. The Morgan fingerprint density at radius 2 is 2.04 bits per heavy atom. The second-order valence-corrected chi connectivity index (χ2v) is 6.99. The van der Waals surface area contributed by atoms with Crippen LogP contribution in [0.15, 0.2) is 36.5 Å². The van der Waals surface area contributed by atoms with Crippen LogP contribution < -0.4 is 4.74 Å². The van der Waals surface area contributed by atoms with E-state index in [0.717, 1.165) is 42.3 Å². The van der Waals surface area contributed by atoms with Gasteiger partial charge in [0.2, 0.25) is 0 Å². The highest BCUT2D eigenvalue weighted by Crippen LogP contribution is 2.24. The molecule has 1 aliphatic rings. The van der Waals surface area contributed by atoms with Gasteiger partial charge < -0.3 is 14.7 Å². The number of ether oxygens (including phenoxy) is 1. The molecule has 0 aliphatic carbocycles. The molecule has 1 fully saturated rings. The third kappa shape index (κ3) is 5.47. The maximum atomic E-state index is 12.3. The Kier molecular flexibility index (Phi) is 8.13. The number of nitrogens with zero attached hydrogens (tertiary/aromatic N) is 2. The molecule has 0 radical (unpaired) electrons. The summed E-state index contributed by atoms with van der Waals surface area (Å²) >= 11 is 1.91. The Morgan fingerprint density at radius 3 is 2.63 bits per heavy atom. The molecule has 0 atom stereocenters. The zero-order valence-electron chi connectivity index (χ0n) is 15.6. The predicted molar refractivity (Wildman–Crippen MR) is 107 cm³/mol. The SMILES string of the molecule is CCc1ncccc1C(=O)N1CCSCC1.COc1cccc(O)c1C=O. The number of amides is 1. The third-order valence-electron chi connectivity index (χ3n) is 4.13. The number of aryl methyl sites for hydroxylation is 1. The van der Waals surface area contributed by atoms with Crippen LogP contribution in [0.2, 0.25) is 0 Å². The van der Waals surface area contributed by atoms with Crippen LogP contribution in [0.4, 0.5) is 0 Å². The van der Waals surface area contributed by atoms with E-state index in [1.165, 1.54) is 13.2 Å². The summed E-state index contributed by atoms with van der Waals surface area (Å²) in [5.41, 5.74) is 1.87. The average Bonchev–Trinajstić information content (AvgIpc) is 2.74. The Balaban J connectivity index is 0.000000208. The quantitative estimate of drug-likeness (QED) is 0.811. The van der Waals surface area contributed by atoms with E-state index in [0.29, 0.717) is 12.0 Å². The fraction of sp³-hybridized carbons (Fsp3) is 0.350. The van der Waals surface area contributed by atoms with E-state index in [1.807, 2.05) is 35.7 Å². The van der Waals surface area contributed by atoms with E-state index in [4.69, 9.17) is 9.84 Å². The lowest BCUT2D eigenvalue weighted by Gasteiger charge is -2.26. The monoisotopic (exact) mass is 388 g/mol. The molecule has 1 saturated heterocycles. The maximum absolute atomic E-state index is 12.3. The minimum absolute atomic E-state index is 0.0562.